The number of phenolic OH excluding ortho intramolecular Hbond substituents is 2. The molecule has 146 valence electrons. The Morgan fingerprint density at radius 1 is 1.14 bits per heavy atom. The number of benzene rings is 2. The van der Waals surface area contributed by atoms with Crippen molar-refractivity contribution >= 4 is 39.1 Å². The van der Waals surface area contributed by atoms with Crippen LogP contribution < -0.4 is 5.56 Å². The minimum absolute atomic E-state index is 0.0485. The first-order chi connectivity index (χ1) is 14.0. The van der Waals surface area contributed by atoms with E-state index < -0.39 is 0 Å². The molecule has 8 heteroatoms. The van der Waals surface area contributed by atoms with Gasteiger partial charge in [-0.15, -0.1) is 11.3 Å². The van der Waals surface area contributed by atoms with Gasteiger partial charge in [-0.1, -0.05) is 42.1 Å². The molecule has 4 rings (SSSR count). The number of nitrogens with zero attached hydrogens (tertiary/aromatic N) is 2. The van der Waals surface area contributed by atoms with Crippen LogP contribution in [0.5, 0.6) is 11.5 Å². The summed E-state index contributed by atoms with van der Waals surface area (Å²) in [7, 11) is 1.64. The summed E-state index contributed by atoms with van der Waals surface area (Å²) in [6, 6.07) is 13.6. The number of carbonyl (C=O) groups excluding carboxylic acids is 1. The van der Waals surface area contributed by atoms with Crippen molar-refractivity contribution in [3.05, 3.63) is 69.8 Å². The van der Waals surface area contributed by atoms with Gasteiger partial charge in [0.25, 0.3) is 5.56 Å². The maximum absolute atomic E-state index is 13.0. The molecule has 0 fully saturated rings. The van der Waals surface area contributed by atoms with Crippen LogP contribution in [0.3, 0.4) is 0 Å². The first-order valence-electron chi connectivity index (χ1n) is 8.67. The maximum atomic E-state index is 13.0. The second kappa shape index (κ2) is 7.73. The smallest absolute Gasteiger partial charge is 0.263 e. The molecule has 0 spiro atoms. The van der Waals surface area contributed by atoms with Crippen molar-refractivity contribution in [1.82, 2.24) is 9.55 Å². The average Bonchev–Trinajstić information content (AvgIpc) is 3.16. The Bertz CT molecular complexity index is 1280. The third kappa shape index (κ3) is 3.64. The van der Waals surface area contributed by atoms with Crippen LogP contribution in [-0.4, -0.2) is 31.3 Å². The van der Waals surface area contributed by atoms with Gasteiger partial charge in [-0.2, -0.15) is 0 Å². The van der Waals surface area contributed by atoms with Crippen LogP contribution in [-0.2, 0) is 7.05 Å². The van der Waals surface area contributed by atoms with E-state index in [2.05, 4.69) is 4.98 Å². The second-order valence-corrected chi connectivity index (χ2v) is 8.17. The fourth-order valence-electron chi connectivity index (χ4n) is 2.92. The first kappa shape index (κ1) is 19.2. The van der Waals surface area contributed by atoms with Gasteiger partial charge < -0.3 is 10.2 Å². The molecule has 2 N–H and O–H groups in total. The van der Waals surface area contributed by atoms with E-state index in [1.165, 1.54) is 34.1 Å². The molecule has 2 aromatic carbocycles. The van der Waals surface area contributed by atoms with Crippen molar-refractivity contribution in [3.8, 4) is 22.6 Å². The van der Waals surface area contributed by atoms with Crippen molar-refractivity contribution in [2.75, 3.05) is 5.75 Å². The number of hydrogen-bond acceptors (Lipinski definition) is 7. The number of Topliss-reactive ketones (excluding diaryl/α,β-unsaturated/α-hetero) is 1. The number of thioether (sulfide) groups is 1. The van der Waals surface area contributed by atoms with E-state index in [0.29, 0.717) is 15.4 Å². The molecule has 0 saturated carbocycles. The summed E-state index contributed by atoms with van der Waals surface area (Å²) in [4.78, 5) is 30.6. The van der Waals surface area contributed by atoms with Crippen LogP contribution in [0.1, 0.15) is 10.4 Å². The molecule has 0 aliphatic carbocycles. The van der Waals surface area contributed by atoms with E-state index in [9.17, 15) is 19.8 Å². The molecule has 0 aliphatic rings. The standard InChI is InChI=1S/C21H16N2O4S2/c1-23-20(27)18-14(12-5-3-2-4-6-12)10-28-19(18)22-21(23)29-11-17(26)13-7-8-15(24)16(25)9-13/h2-10,24-25H,11H2,1H3. The molecule has 2 aromatic heterocycles. The minimum Gasteiger partial charge on any atom is -0.504 e. The Balaban J connectivity index is 1.63. The summed E-state index contributed by atoms with van der Waals surface area (Å²) in [6.07, 6.45) is 0. The number of aromatic nitrogens is 2. The average molecular weight is 425 g/mol. The van der Waals surface area contributed by atoms with Crippen LogP contribution in [0, 0.1) is 0 Å². The number of phenols is 2. The zero-order chi connectivity index (χ0) is 20.5. The van der Waals surface area contributed by atoms with Crippen molar-refractivity contribution in [1.29, 1.82) is 0 Å². The lowest BCUT2D eigenvalue weighted by molar-refractivity contribution is 0.102. The lowest BCUT2D eigenvalue weighted by atomic mass is 10.1. The molecule has 0 amide bonds. The van der Waals surface area contributed by atoms with Crippen molar-refractivity contribution in [3.63, 3.8) is 0 Å². The number of aromatic hydroxyl groups is 2. The fraction of sp³-hybridized carbons (Fsp3) is 0.0952. The third-order valence-electron chi connectivity index (χ3n) is 4.49. The van der Waals surface area contributed by atoms with Gasteiger partial charge >= 0.3 is 0 Å². The summed E-state index contributed by atoms with van der Waals surface area (Å²) < 4.78 is 1.45. The molecule has 0 radical (unpaired) electrons. The summed E-state index contributed by atoms with van der Waals surface area (Å²) >= 11 is 2.56. The zero-order valence-electron chi connectivity index (χ0n) is 15.3. The van der Waals surface area contributed by atoms with Crippen LogP contribution in [0.15, 0.2) is 63.9 Å². The molecule has 29 heavy (non-hydrogen) atoms. The Labute approximate surface area is 174 Å². The summed E-state index contributed by atoms with van der Waals surface area (Å²) in [5.41, 5.74) is 1.93. The molecule has 2 heterocycles. The van der Waals surface area contributed by atoms with Gasteiger partial charge in [0.1, 0.15) is 4.83 Å². The van der Waals surface area contributed by atoms with Crippen molar-refractivity contribution in [2.45, 2.75) is 5.16 Å². The second-order valence-electron chi connectivity index (χ2n) is 6.37. The highest BCUT2D eigenvalue weighted by molar-refractivity contribution is 7.99. The molecule has 0 unspecified atom stereocenters. The molecule has 0 saturated heterocycles. The van der Waals surface area contributed by atoms with E-state index in [1.807, 2.05) is 35.7 Å². The van der Waals surface area contributed by atoms with Gasteiger partial charge in [-0.25, -0.2) is 4.98 Å². The van der Waals surface area contributed by atoms with Gasteiger partial charge in [0.2, 0.25) is 0 Å². The third-order valence-corrected chi connectivity index (χ3v) is 6.39. The fourth-order valence-corrected chi connectivity index (χ4v) is 4.78. The lowest BCUT2D eigenvalue weighted by Gasteiger charge is -2.08. The zero-order valence-corrected chi connectivity index (χ0v) is 17.0. The largest absolute Gasteiger partial charge is 0.504 e. The molecular weight excluding hydrogens is 408 g/mol. The predicted octanol–water partition coefficient (Wildman–Crippen LogP) is 4.05. The quantitative estimate of drug-likeness (QED) is 0.217. The summed E-state index contributed by atoms with van der Waals surface area (Å²) in [6.45, 7) is 0. The lowest BCUT2D eigenvalue weighted by Crippen LogP contribution is -2.20. The molecular formula is C21H16N2O4S2. The maximum Gasteiger partial charge on any atom is 0.263 e. The molecule has 0 atom stereocenters. The van der Waals surface area contributed by atoms with Crippen LogP contribution in [0.25, 0.3) is 21.3 Å². The Hall–Kier alpha value is -3.10. The van der Waals surface area contributed by atoms with E-state index in [4.69, 9.17) is 0 Å². The van der Waals surface area contributed by atoms with E-state index in [1.54, 1.807) is 7.05 Å². The summed E-state index contributed by atoms with van der Waals surface area (Å²) in [5, 5.41) is 21.9. The van der Waals surface area contributed by atoms with Gasteiger partial charge in [-0.05, 0) is 23.8 Å². The number of carbonyl (C=O) groups is 1. The first-order valence-corrected chi connectivity index (χ1v) is 10.5. The number of ketones is 1. The van der Waals surface area contributed by atoms with Crippen LogP contribution >= 0.6 is 23.1 Å². The van der Waals surface area contributed by atoms with Crippen molar-refractivity contribution < 1.29 is 15.0 Å². The number of fused-ring (bicyclic) bond motifs is 1. The highest BCUT2D eigenvalue weighted by Crippen LogP contribution is 2.32. The highest BCUT2D eigenvalue weighted by Gasteiger charge is 2.17. The number of thiophene rings is 1. The Morgan fingerprint density at radius 3 is 2.62 bits per heavy atom. The van der Waals surface area contributed by atoms with Crippen LogP contribution in [0.4, 0.5) is 0 Å². The SMILES string of the molecule is Cn1c(SCC(=O)c2ccc(O)c(O)c2)nc2scc(-c3ccccc3)c2c1=O. The highest BCUT2D eigenvalue weighted by atomic mass is 32.2. The molecule has 0 aliphatic heterocycles. The Kier molecular flexibility index (Phi) is 5.12. The molecule has 4 aromatic rings. The molecule has 6 nitrogen and oxygen atoms in total. The number of hydrogen-bond donors (Lipinski definition) is 2. The predicted molar refractivity (Wildman–Crippen MR) is 115 cm³/mol. The monoisotopic (exact) mass is 424 g/mol. The summed E-state index contributed by atoms with van der Waals surface area (Å²) in [5.74, 6) is -0.821. The molecule has 0 bridgehead atoms. The van der Waals surface area contributed by atoms with E-state index in [-0.39, 0.29) is 34.2 Å². The van der Waals surface area contributed by atoms with Gasteiger partial charge in [0.15, 0.2) is 22.4 Å². The van der Waals surface area contributed by atoms with Crippen LogP contribution in [0.2, 0.25) is 0 Å². The van der Waals surface area contributed by atoms with Crippen molar-refractivity contribution in [2.24, 2.45) is 7.05 Å². The minimum atomic E-state index is -0.347. The topological polar surface area (TPSA) is 92.4 Å². The van der Waals surface area contributed by atoms with Gasteiger partial charge in [-0.3, -0.25) is 14.2 Å². The normalized spacial score (nSPS) is 11.1. The van der Waals surface area contributed by atoms with Gasteiger partial charge in [0.05, 0.1) is 11.1 Å². The Morgan fingerprint density at radius 2 is 1.90 bits per heavy atom. The van der Waals surface area contributed by atoms with Gasteiger partial charge in [0, 0.05) is 23.6 Å². The van der Waals surface area contributed by atoms with E-state index >= 15 is 0 Å². The number of rotatable bonds is 5. The van der Waals surface area contributed by atoms with E-state index in [0.717, 1.165) is 22.9 Å².